The van der Waals surface area contributed by atoms with Crippen molar-refractivity contribution in [1.29, 1.82) is 0 Å². The molecule has 0 atom stereocenters. The molecule has 0 fully saturated rings. The Morgan fingerprint density at radius 2 is 1.96 bits per heavy atom. The van der Waals surface area contributed by atoms with Gasteiger partial charge in [0, 0.05) is 16.7 Å². The number of carbonyl (C=O) groups is 1. The van der Waals surface area contributed by atoms with Crippen molar-refractivity contribution in [1.82, 2.24) is 4.90 Å². The average Bonchev–Trinajstić information content (AvgIpc) is 2.49. The number of halogens is 2. The molecule has 0 heterocycles. The molecule has 0 unspecified atom stereocenters. The molecular formula is C17H18BrFN2O2. The van der Waals surface area contributed by atoms with Gasteiger partial charge in [-0.05, 0) is 49.0 Å². The van der Waals surface area contributed by atoms with Crippen molar-refractivity contribution in [3.05, 3.63) is 58.3 Å². The number of ether oxygens (including phenoxy) is 1. The van der Waals surface area contributed by atoms with E-state index in [1.807, 2.05) is 36.2 Å². The molecule has 0 spiro atoms. The minimum atomic E-state index is -0.405. The van der Waals surface area contributed by atoms with Crippen LogP contribution in [0.5, 0.6) is 5.75 Å². The molecule has 2 aromatic carbocycles. The standard InChI is InChI=1S/C17H18BrFN2O2/c1-21(10-12-3-8-16(23-2)15(19)9-12)11-17(22)20-14-6-4-13(18)5-7-14/h3-9H,10-11H2,1-2H3,(H,20,22). The lowest BCUT2D eigenvalue weighted by atomic mass is 10.2. The molecule has 0 aromatic heterocycles. The molecule has 0 radical (unpaired) electrons. The lowest BCUT2D eigenvalue weighted by Gasteiger charge is -2.17. The quantitative estimate of drug-likeness (QED) is 0.831. The van der Waals surface area contributed by atoms with Gasteiger partial charge in [0.25, 0.3) is 0 Å². The molecule has 1 N–H and O–H groups in total. The fourth-order valence-electron chi connectivity index (χ4n) is 2.15. The summed E-state index contributed by atoms with van der Waals surface area (Å²) in [6.45, 7) is 0.679. The Morgan fingerprint density at radius 1 is 1.26 bits per heavy atom. The smallest absolute Gasteiger partial charge is 0.238 e. The fraction of sp³-hybridized carbons (Fsp3) is 0.235. The van der Waals surface area contributed by atoms with Gasteiger partial charge in [0.1, 0.15) is 0 Å². The summed E-state index contributed by atoms with van der Waals surface area (Å²) in [4.78, 5) is 13.8. The van der Waals surface area contributed by atoms with Gasteiger partial charge in [0.2, 0.25) is 5.91 Å². The van der Waals surface area contributed by atoms with Crippen molar-refractivity contribution in [2.45, 2.75) is 6.54 Å². The highest BCUT2D eigenvalue weighted by Crippen LogP contribution is 2.18. The minimum absolute atomic E-state index is 0.121. The van der Waals surface area contributed by atoms with Gasteiger partial charge in [-0.15, -0.1) is 0 Å². The number of hydrogen-bond acceptors (Lipinski definition) is 3. The summed E-state index contributed by atoms with van der Waals surface area (Å²) in [6, 6.07) is 12.1. The van der Waals surface area contributed by atoms with Crippen LogP contribution in [0.25, 0.3) is 0 Å². The summed E-state index contributed by atoms with van der Waals surface area (Å²) in [7, 11) is 3.24. The Hall–Kier alpha value is -1.92. The number of carbonyl (C=O) groups excluding carboxylic acids is 1. The molecule has 0 bridgehead atoms. The van der Waals surface area contributed by atoms with E-state index in [-0.39, 0.29) is 18.2 Å². The van der Waals surface area contributed by atoms with Crippen LogP contribution in [0.1, 0.15) is 5.56 Å². The van der Waals surface area contributed by atoms with Gasteiger partial charge in [0.15, 0.2) is 11.6 Å². The number of likely N-dealkylation sites (N-methyl/N-ethyl adjacent to an activating group) is 1. The topological polar surface area (TPSA) is 41.6 Å². The number of hydrogen-bond donors (Lipinski definition) is 1. The van der Waals surface area contributed by atoms with Crippen LogP contribution in [-0.4, -0.2) is 31.5 Å². The van der Waals surface area contributed by atoms with Crippen molar-refractivity contribution in [2.24, 2.45) is 0 Å². The van der Waals surface area contributed by atoms with E-state index in [1.54, 1.807) is 12.1 Å². The molecule has 4 nitrogen and oxygen atoms in total. The Labute approximate surface area is 143 Å². The molecule has 2 aromatic rings. The van der Waals surface area contributed by atoms with Crippen molar-refractivity contribution in [3.8, 4) is 5.75 Å². The first-order valence-corrected chi connectivity index (χ1v) is 7.83. The molecule has 23 heavy (non-hydrogen) atoms. The molecule has 0 saturated carbocycles. The van der Waals surface area contributed by atoms with E-state index >= 15 is 0 Å². The van der Waals surface area contributed by atoms with Crippen molar-refractivity contribution in [2.75, 3.05) is 26.0 Å². The number of nitrogens with one attached hydrogen (secondary N) is 1. The van der Waals surface area contributed by atoms with Crippen LogP contribution in [0.3, 0.4) is 0 Å². The van der Waals surface area contributed by atoms with E-state index in [2.05, 4.69) is 21.2 Å². The maximum Gasteiger partial charge on any atom is 0.238 e. The van der Waals surface area contributed by atoms with Crippen LogP contribution in [0.15, 0.2) is 46.9 Å². The van der Waals surface area contributed by atoms with Gasteiger partial charge < -0.3 is 10.1 Å². The van der Waals surface area contributed by atoms with Crippen LogP contribution >= 0.6 is 15.9 Å². The number of benzene rings is 2. The summed E-state index contributed by atoms with van der Waals surface area (Å²) >= 11 is 3.34. The number of anilines is 1. The lowest BCUT2D eigenvalue weighted by molar-refractivity contribution is -0.117. The normalized spacial score (nSPS) is 10.7. The van der Waals surface area contributed by atoms with Gasteiger partial charge in [0.05, 0.1) is 13.7 Å². The molecule has 6 heteroatoms. The number of methoxy groups -OCH3 is 1. The van der Waals surface area contributed by atoms with Gasteiger partial charge in [-0.25, -0.2) is 4.39 Å². The number of rotatable bonds is 6. The van der Waals surface area contributed by atoms with Crippen molar-refractivity contribution in [3.63, 3.8) is 0 Å². The van der Waals surface area contributed by atoms with Crippen LogP contribution < -0.4 is 10.1 Å². The predicted octanol–water partition coefficient (Wildman–Crippen LogP) is 3.67. The van der Waals surface area contributed by atoms with E-state index in [1.165, 1.54) is 13.2 Å². The monoisotopic (exact) mass is 380 g/mol. The van der Waals surface area contributed by atoms with Crippen molar-refractivity contribution < 1.29 is 13.9 Å². The first-order chi connectivity index (χ1) is 11.0. The fourth-order valence-corrected chi connectivity index (χ4v) is 2.42. The maximum absolute atomic E-state index is 13.7. The Bertz CT molecular complexity index is 677. The lowest BCUT2D eigenvalue weighted by Crippen LogP contribution is -2.29. The zero-order valence-electron chi connectivity index (χ0n) is 13.0. The molecule has 0 aliphatic rings. The second-order valence-electron chi connectivity index (χ2n) is 5.20. The zero-order valence-corrected chi connectivity index (χ0v) is 14.6. The summed E-state index contributed by atoms with van der Waals surface area (Å²) < 4.78 is 19.5. The Kier molecular flexibility index (Phi) is 6.12. The largest absolute Gasteiger partial charge is 0.494 e. The zero-order chi connectivity index (χ0) is 16.8. The first-order valence-electron chi connectivity index (χ1n) is 7.04. The summed E-state index contributed by atoms with van der Waals surface area (Å²) in [5.41, 5.74) is 1.52. The predicted molar refractivity (Wildman–Crippen MR) is 92.1 cm³/mol. The minimum Gasteiger partial charge on any atom is -0.494 e. The number of nitrogens with zero attached hydrogens (tertiary/aromatic N) is 1. The van der Waals surface area contributed by atoms with E-state index in [0.717, 1.165) is 15.7 Å². The van der Waals surface area contributed by atoms with E-state index < -0.39 is 5.82 Å². The van der Waals surface area contributed by atoms with Crippen LogP contribution in [0, 0.1) is 5.82 Å². The second-order valence-corrected chi connectivity index (χ2v) is 6.11. The van der Waals surface area contributed by atoms with Crippen LogP contribution in [0.2, 0.25) is 0 Å². The molecule has 0 saturated heterocycles. The third-order valence-corrected chi connectivity index (χ3v) is 3.74. The molecule has 1 amide bonds. The third kappa shape index (κ3) is 5.33. The maximum atomic E-state index is 13.7. The second kappa shape index (κ2) is 8.08. The average molecular weight is 381 g/mol. The van der Waals surface area contributed by atoms with Crippen molar-refractivity contribution >= 4 is 27.5 Å². The van der Waals surface area contributed by atoms with E-state index in [4.69, 9.17) is 4.74 Å². The summed E-state index contributed by atoms with van der Waals surface area (Å²) in [5.74, 6) is -0.314. The Balaban J connectivity index is 1.88. The molecule has 2 rings (SSSR count). The highest BCUT2D eigenvalue weighted by Gasteiger charge is 2.09. The van der Waals surface area contributed by atoms with Crippen LogP contribution in [0.4, 0.5) is 10.1 Å². The van der Waals surface area contributed by atoms with Crippen LogP contribution in [-0.2, 0) is 11.3 Å². The molecule has 122 valence electrons. The highest BCUT2D eigenvalue weighted by atomic mass is 79.9. The summed E-state index contributed by atoms with van der Waals surface area (Å²) in [5, 5.41) is 2.82. The highest BCUT2D eigenvalue weighted by molar-refractivity contribution is 9.10. The number of amides is 1. The molecular weight excluding hydrogens is 363 g/mol. The first kappa shape index (κ1) is 17.4. The van der Waals surface area contributed by atoms with Gasteiger partial charge >= 0.3 is 0 Å². The molecule has 0 aliphatic carbocycles. The van der Waals surface area contributed by atoms with Gasteiger partial charge in [-0.3, -0.25) is 9.69 Å². The molecule has 0 aliphatic heterocycles. The van der Waals surface area contributed by atoms with E-state index in [0.29, 0.717) is 6.54 Å². The summed E-state index contributed by atoms with van der Waals surface area (Å²) in [6.07, 6.45) is 0. The van der Waals surface area contributed by atoms with Gasteiger partial charge in [-0.2, -0.15) is 0 Å². The third-order valence-electron chi connectivity index (χ3n) is 3.21. The van der Waals surface area contributed by atoms with Gasteiger partial charge in [-0.1, -0.05) is 22.0 Å². The Morgan fingerprint density at radius 3 is 2.57 bits per heavy atom. The van der Waals surface area contributed by atoms with E-state index in [9.17, 15) is 9.18 Å². The SMILES string of the molecule is COc1ccc(CN(C)CC(=O)Nc2ccc(Br)cc2)cc1F.